The van der Waals surface area contributed by atoms with Gasteiger partial charge in [-0.15, -0.1) is 0 Å². The Bertz CT molecular complexity index is 1300. The Morgan fingerprint density at radius 3 is 2.40 bits per heavy atom. The predicted octanol–water partition coefficient (Wildman–Crippen LogP) is 3.38. The number of fused-ring (bicyclic) bond motifs is 1. The van der Waals surface area contributed by atoms with Gasteiger partial charge >= 0.3 is 18.1 Å². The summed E-state index contributed by atoms with van der Waals surface area (Å²) in [6, 6.07) is -1.05. The summed E-state index contributed by atoms with van der Waals surface area (Å²) < 4.78 is 61.6. The number of pyridine rings is 1. The van der Waals surface area contributed by atoms with Gasteiger partial charge in [-0.2, -0.15) is 13.2 Å². The fourth-order valence-electron chi connectivity index (χ4n) is 4.77. The normalized spacial score (nSPS) is 19.8. The molecule has 1 aromatic carbocycles. The number of ether oxygens (including phenoxy) is 1. The van der Waals surface area contributed by atoms with Crippen molar-refractivity contribution in [2.75, 3.05) is 25.1 Å². The van der Waals surface area contributed by atoms with E-state index in [-0.39, 0.29) is 47.0 Å². The molecular formula is C23H25F4N3O5. The number of halogens is 4. The molecule has 12 heteroatoms. The zero-order valence-electron chi connectivity index (χ0n) is 19.5. The number of hydrogen-bond donors (Lipinski definition) is 2. The third-order valence-electron chi connectivity index (χ3n) is 6.78. The van der Waals surface area contributed by atoms with Gasteiger partial charge < -0.3 is 24.6 Å². The lowest BCUT2D eigenvalue weighted by molar-refractivity contribution is -0.174. The molecule has 0 bridgehead atoms. The zero-order valence-corrected chi connectivity index (χ0v) is 19.5. The van der Waals surface area contributed by atoms with Crippen LogP contribution in [-0.4, -0.2) is 54.0 Å². The van der Waals surface area contributed by atoms with Gasteiger partial charge in [0.2, 0.25) is 5.43 Å². The second kappa shape index (κ2) is 8.13. The van der Waals surface area contributed by atoms with Crippen LogP contribution in [-0.2, 0) is 4.79 Å². The number of carbonyl (C=O) groups is 2. The lowest BCUT2D eigenvalue weighted by Crippen LogP contribution is -2.49. The molecule has 1 aliphatic heterocycles. The fourth-order valence-corrected chi connectivity index (χ4v) is 4.77. The van der Waals surface area contributed by atoms with E-state index in [2.05, 4.69) is 0 Å². The third kappa shape index (κ3) is 4.08. The van der Waals surface area contributed by atoms with E-state index < -0.39 is 46.3 Å². The van der Waals surface area contributed by atoms with Gasteiger partial charge in [-0.05, 0) is 19.8 Å². The van der Waals surface area contributed by atoms with Crippen LogP contribution in [0.1, 0.15) is 48.7 Å². The van der Waals surface area contributed by atoms with Gasteiger partial charge in [0, 0.05) is 36.3 Å². The summed E-state index contributed by atoms with van der Waals surface area (Å²) >= 11 is 0. The second-order valence-electron chi connectivity index (χ2n) is 9.75. The first kappa shape index (κ1) is 24.8. The number of anilines is 1. The van der Waals surface area contributed by atoms with E-state index in [1.807, 2.05) is 5.32 Å². The number of carboxylic acid groups (broad SMARTS) is 1. The zero-order chi connectivity index (χ0) is 26.0. The molecule has 1 atom stereocenters. The van der Waals surface area contributed by atoms with Crippen LogP contribution < -0.4 is 20.4 Å². The molecule has 2 heterocycles. The van der Waals surface area contributed by atoms with Crippen LogP contribution in [0.4, 0.5) is 23.2 Å². The summed E-state index contributed by atoms with van der Waals surface area (Å²) in [5.74, 6) is -4.36. The molecule has 1 amide bonds. The van der Waals surface area contributed by atoms with Crippen molar-refractivity contribution < 1.29 is 37.0 Å². The van der Waals surface area contributed by atoms with Gasteiger partial charge in [0.05, 0.1) is 24.1 Å². The molecule has 0 spiro atoms. The number of nitrogens with zero attached hydrogens (tertiary/aromatic N) is 2. The standard InChI is InChI=1S/C23H25F4N3O5/c1-10-14-16(30(11-5-6-11)7-12(18(14)31)20(32)33)19(35-4)17(15(10)24)29-8-13(22(2,3)9-29)28-21(34)23(25,26)27/h7,11,13H,5-6,8-9H2,1-4H3,(H,28,34)(H,32,33)/t13-/m1/s1. The van der Waals surface area contributed by atoms with Crippen molar-refractivity contribution in [2.45, 2.75) is 51.9 Å². The van der Waals surface area contributed by atoms with E-state index in [1.165, 1.54) is 25.1 Å². The predicted molar refractivity (Wildman–Crippen MR) is 119 cm³/mol. The topological polar surface area (TPSA) is 101 Å². The molecule has 190 valence electrons. The molecule has 1 aromatic heterocycles. The summed E-state index contributed by atoms with van der Waals surface area (Å²) in [7, 11) is 1.28. The Balaban J connectivity index is 1.91. The number of benzene rings is 1. The van der Waals surface area contributed by atoms with Crippen LogP contribution in [0.25, 0.3) is 10.9 Å². The van der Waals surface area contributed by atoms with Crippen molar-refractivity contribution in [1.29, 1.82) is 0 Å². The van der Waals surface area contributed by atoms with Gasteiger partial charge in [0.25, 0.3) is 0 Å². The highest BCUT2D eigenvalue weighted by molar-refractivity contribution is 5.99. The number of aromatic nitrogens is 1. The number of rotatable bonds is 5. The van der Waals surface area contributed by atoms with E-state index in [0.717, 1.165) is 12.8 Å². The summed E-state index contributed by atoms with van der Waals surface area (Å²) in [5, 5.41) is 11.4. The Hall–Kier alpha value is -3.31. The van der Waals surface area contributed by atoms with Crippen molar-refractivity contribution >= 4 is 28.5 Å². The van der Waals surface area contributed by atoms with Gasteiger partial charge in [-0.3, -0.25) is 9.59 Å². The molecule has 0 radical (unpaired) electrons. The minimum absolute atomic E-state index is 0.0114. The van der Waals surface area contributed by atoms with Crippen molar-refractivity contribution in [3.05, 3.63) is 33.4 Å². The second-order valence-corrected chi connectivity index (χ2v) is 9.75. The van der Waals surface area contributed by atoms with Crippen molar-refractivity contribution in [2.24, 2.45) is 5.41 Å². The molecule has 2 aliphatic rings. The molecule has 2 aromatic rings. The highest BCUT2D eigenvalue weighted by Gasteiger charge is 2.47. The average Bonchev–Trinajstić information content (AvgIpc) is 3.54. The first-order valence-electron chi connectivity index (χ1n) is 11.0. The number of amides is 1. The first-order chi connectivity index (χ1) is 16.2. The van der Waals surface area contributed by atoms with E-state index in [9.17, 15) is 32.7 Å². The minimum atomic E-state index is -5.06. The molecule has 1 saturated heterocycles. The van der Waals surface area contributed by atoms with E-state index in [1.54, 1.807) is 18.4 Å². The van der Waals surface area contributed by atoms with E-state index >= 15 is 4.39 Å². The first-order valence-corrected chi connectivity index (χ1v) is 11.0. The lowest BCUT2D eigenvalue weighted by atomic mass is 9.88. The van der Waals surface area contributed by atoms with Crippen molar-refractivity contribution in [3.63, 3.8) is 0 Å². The Labute approximate surface area is 197 Å². The highest BCUT2D eigenvalue weighted by atomic mass is 19.4. The van der Waals surface area contributed by atoms with Crippen LogP contribution in [0.5, 0.6) is 5.75 Å². The maximum atomic E-state index is 15.8. The number of carboxylic acids is 1. The van der Waals surface area contributed by atoms with Crippen molar-refractivity contribution in [1.82, 2.24) is 9.88 Å². The highest BCUT2D eigenvalue weighted by Crippen LogP contribution is 2.47. The number of methoxy groups -OCH3 is 1. The molecule has 0 unspecified atom stereocenters. The molecule has 8 nitrogen and oxygen atoms in total. The molecule has 35 heavy (non-hydrogen) atoms. The smallest absolute Gasteiger partial charge is 0.471 e. The summed E-state index contributed by atoms with van der Waals surface area (Å²) in [4.78, 5) is 37.8. The quantitative estimate of drug-likeness (QED) is 0.612. The maximum Gasteiger partial charge on any atom is 0.471 e. The fraction of sp³-hybridized carbons (Fsp3) is 0.522. The van der Waals surface area contributed by atoms with Gasteiger partial charge in [0.15, 0.2) is 11.6 Å². The molecule has 1 saturated carbocycles. The summed E-state index contributed by atoms with van der Waals surface area (Å²) in [6.45, 7) is 4.63. The summed E-state index contributed by atoms with van der Waals surface area (Å²) in [6.07, 6.45) is -2.37. The van der Waals surface area contributed by atoms with Gasteiger partial charge in [-0.1, -0.05) is 13.8 Å². The number of alkyl halides is 3. The largest absolute Gasteiger partial charge is 0.492 e. The Morgan fingerprint density at radius 1 is 1.26 bits per heavy atom. The van der Waals surface area contributed by atoms with Crippen LogP contribution in [0.15, 0.2) is 11.0 Å². The number of hydrogen-bond acceptors (Lipinski definition) is 5. The summed E-state index contributed by atoms with van der Waals surface area (Å²) in [5.41, 5.74) is -2.09. The number of carbonyl (C=O) groups excluding carboxylic acids is 1. The monoisotopic (exact) mass is 499 g/mol. The van der Waals surface area contributed by atoms with E-state index in [4.69, 9.17) is 4.74 Å². The van der Waals surface area contributed by atoms with E-state index in [0.29, 0.717) is 0 Å². The molecule has 2 N–H and O–H groups in total. The van der Waals surface area contributed by atoms with Crippen LogP contribution in [0, 0.1) is 18.2 Å². The molecular weight excluding hydrogens is 474 g/mol. The lowest BCUT2D eigenvalue weighted by Gasteiger charge is -2.27. The number of aryl methyl sites for hydroxylation is 1. The number of nitrogens with one attached hydrogen (secondary N) is 1. The Morgan fingerprint density at radius 2 is 1.89 bits per heavy atom. The molecule has 4 rings (SSSR count). The molecule has 2 fully saturated rings. The third-order valence-corrected chi connectivity index (χ3v) is 6.78. The SMILES string of the molecule is COc1c(N2C[C@@H](NC(=O)C(F)(F)F)C(C)(C)C2)c(F)c(C)c2c(=O)c(C(=O)O)cn(C3CC3)c12. The van der Waals surface area contributed by atoms with Crippen LogP contribution in [0.3, 0.4) is 0 Å². The van der Waals surface area contributed by atoms with Crippen LogP contribution in [0.2, 0.25) is 0 Å². The number of aromatic carboxylic acids is 1. The van der Waals surface area contributed by atoms with Gasteiger partial charge in [-0.25, -0.2) is 9.18 Å². The Kier molecular flexibility index (Phi) is 5.76. The maximum absolute atomic E-state index is 15.8. The van der Waals surface area contributed by atoms with Crippen molar-refractivity contribution in [3.8, 4) is 5.75 Å². The van der Waals surface area contributed by atoms with Gasteiger partial charge in [0.1, 0.15) is 11.3 Å². The van der Waals surface area contributed by atoms with Crippen LogP contribution >= 0.6 is 0 Å². The average molecular weight is 499 g/mol. The minimum Gasteiger partial charge on any atom is -0.492 e. The molecule has 1 aliphatic carbocycles.